The number of para-hydroxylation sites is 1. The Balaban J connectivity index is 1.92. The van der Waals surface area contributed by atoms with E-state index in [0.717, 1.165) is 5.56 Å². The lowest BCUT2D eigenvalue weighted by Crippen LogP contribution is -2.28. The van der Waals surface area contributed by atoms with Crippen LogP contribution >= 0.6 is 0 Å². The predicted octanol–water partition coefficient (Wildman–Crippen LogP) is 1.39. The number of urea groups is 1. The number of methoxy groups -OCH3 is 3. The van der Waals surface area contributed by atoms with Crippen molar-refractivity contribution in [2.24, 2.45) is 0 Å². The van der Waals surface area contributed by atoms with Crippen molar-refractivity contribution in [1.29, 1.82) is 0 Å². The third kappa shape index (κ3) is 4.87. The Kier molecular flexibility index (Phi) is 6.21. The van der Waals surface area contributed by atoms with Crippen LogP contribution in [-0.2, 0) is 22.6 Å². The van der Waals surface area contributed by atoms with Gasteiger partial charge in [-0.05, 0) is 6.07 Å². The van der Waals surface area contributed by atoms with Crippen molar-refractivity contribution in [3.8, 4) is 11.5 Å². The fraction of sp³-hybridized carbons (Fsp3) is 0.312. The van der Waals surface area contributed by atoms with E-state index in [9.17, 15) is 9.59 Å². The monoisotopic (exact) mass is 348 g/mol. The third-order valence-corrected chi connectivity index (χ3v) is 3.32. The lowest BCUT2D eigenvalue weighted by molar-refractivity contribution is -0.141. The summed E-state index contributed by atoms with van der Waals surface area (Å²) < 4.78 is 16.5. The van der Waals surface area contributed by atoms with Gasteiger partial charge in [0.25, 0.3) is 0 Å². The van der Waals surface area contributed by atoms with Gasteiger partial charge in [0, 0.05) is 24.4 Å². The van der Waals surface area contributed by atoms with Gasteiger partial charge in [0.2, 0.25) is 0 Å². The van der Waals surface area contributed by atoms with Crippen molar-refractivity contribution >= 4 is 17.8 Å². The molecule has 0 aliphatic carbocycles. The Morgan fingerprint density at radius 3 is 2.64 bits per heavy atom. The number of carbonyl (C=O) groups is 2. The minimum atomic E-state index is -0.437. The van der Waals surface area contributed by atoms with Gasteiger partial charge in [0.1, 0.15) is 6.54 Å². The molecule has 1 aromatic carbocycles. The number of nitrogens with zero attached hydrogens (tertiary/aromatic N) is 2. The summed E-state index contributed by atoms with van der Waals surface area (Å²) in [6, 6.07) is 6.55. The molecule has 0 aliphatic rings. The fourth-order valence-corrected chi connectivity index (χ4v) is 2.14. The molecule has 25 heavy (non-hydrogen) atoms. The first-order valence-electron chi connectivity index (χ1n) is 7.42. The van der Waals surface area contributed by atoms with Crippen LogP contribution in [0.5, 0.6) is 11.5 Å². The molecule has 2 rings (SSSR count). The zero-order chi connectivity index (χ0) is 18.2. The van der Waals surface area contributed by atoms with Gasteiger partial charge in [0.15, 0.2) is 17.3 Å². The molecule has 2 N–H and O–H groups in total. The molecular formula is C16H20N4O5. The number of hydrogen-bond acceptors (Lipinski definition) is 6. The Morgan fingerprint density at radius 1 is 1.16 bits per heavy atom. The second-order valence-corrected chi connectivity index (χ2v) is 4.94. The molecule has 0 radical (unpaired) electrons. The highest BCUT2D eigenvalue weighted by molar-refractivity contribution is 5.88. The third-order valence-electron chi connectivity index (χ3n) is 3.32. The molecule has 0 unspecified atom stereocenters. The van der Waals surface area contributed by atoms with Gasteiger partial charge in [-0.1, -0.05) is 12.1 Å². The molecule has 1 heterocycles. The molecule has 0 fully saturated rings. The van der Waals surface area contributed by atoms with E-state index in [1.54, 1.807) is 25.4 Å². The van der Waals surface area contributed by atoms with Gasteiger partial charge >= 0.3 is 12.0 Å². The summed E-state index contributed by atoms with van der Waals surface area (Å²) in [6.07, 6.45) is 1.57. The van der Waals surface area contributed by atoms with E-state index in [2.05, 4.69) is 20.5 Å². The largest absolute Gasteiger partial charge is 0.493 e. The van der Waals surface area contributed by atoms with E-state index in [0.29, 0.717) is 17.3 Å². The highest BCUT2D eigenvalue weighted by Crippen LogP contribution is 2.30. The van der Waals surface area contributed by atoms with E-state index in [1.165, 1.54) is 18.9 Å². The fourth-order valence-electron chi connectivity index (χ4n) is 2.14. The van der Waals surface area contributed by atoms with Crippen molar-refractivity contribution in [3.05, 3.63) is 36.0 Å². The number of benzene rings is 1. The molecule has 134 valence electrons. The molecule has 0 saturated carbocycles. The van der Waals surface area contributed by atoms with Crippen LogP contribution in [0.25, 0.3) is 0 Å². The number of ether oxygens (including phenoxy) is 3. The van der Waals surface area contributed by atoms with Gasteiger partial charge in [-0.2, -0.15) is 5.10 Å². The number of carbonyl (C=O) groups excluding carboxylic acids is 2. The van der Waals surface area contributed by atoms with Gasteiger partial charge < -0.3 is 19.5 Å². The maximum absolute atomic E-state index is 12.0. The summed E-state index contributed by atoms with van der Waals surface area (Å²) in [4.78, 5) is 23.2. The van der Waals surface area contributed by atoms with E-state index >= 15 is 0 Å². The normalized spacial score (nSPS) is 10.0. The predicted molar refractivity (Wildman–Crippen MR) is 89.6 cm³/mol. The Hall–Kier alpha value is -3.23. The Morgan fingerprint density at radius 2 is 1.96 bits per heavy atom. The van der Waals surface area contributed by atoms with Gasteiger partial charge in [0.05, 0.1) is 21.3 Å². The van der Waals surface area contributed by atoms with E-state index in [1.807, 2.05) is 12.1 Å². The lowest BCUT2D eigenvalue weighted by atomic mass is 10.2. The number of nitrogens with one attached hydrogen (secondary N) is 2. The SMILES string of the molecule is COC(=O)Cn1ccc(NC(=O)NCc2cccc(OC)c2OC)n1. The first-order valence-corrected chi connectivity index (χ1v) is 7.42. The molecule has 9 heteroatoms. The highest BCUT2D eigenvalue weighted by Gasteiger charge is 2.11. The summed E-state index contributed by atoms with van der Waals surface area (Å²) >= 11 is 0. The highest BCUT2D eigenvalue weighted by atomic mass is 16.5. The van der Waals surface area contributed by atoms with Crippen LogP contribution in [0.4, 0.5) is 10.6 Å². The van der Waals surface area contributed by atoms with Crippen molar-refractivity contribution in [2.75, 3.05) is 26.6 Å². The maximum atomic E-state index is 12.0. The summed E-state index contributed by atoms with van der Waals surface area (Å²) in [7, 11) is 4.38. The van der Waals surface area contributed by atoms with Crippen LogP contribution in [0, 0.1) is 0 Å². The van der Waals surface area contributed by atoms with Crippen LogP contribution in [0.15, 0.2) is 30.5 Å². The summed E-state index contributed by atoms with van der Waals surface area (Å²) in [5.74, 6) is 1.04. The van der Waals surface area contributed by atoms with Crippen LogP contribution in [0.3, 0.4) is 0 Å². The topological polar surface area (TPSA) is 104 Å². The minimum absolute atomic E-state index is 0.0270. The molecule has 0 saturated heterocycles. The second-order valence-electron chi connectivity index (χ2n) is 4.94. The van der Waals surface area contributed by atoms with E-state index in [4.69, 9.17) is 9.47 Å². The Bertz CT molecular complexity index is 744. The number of aromatic nitrogens is 2. The van der Waals surface area contributed by atoms with Crippen molar-refractivity contribution in [1.82, 2.24) is 15.1 Å². The van der Waals surface area contributed by atoms with E-state index in [-0.39, 0.29) is 13.1 Å². The van der Waals surface area contributed by atoms with Gasteiger partial charge in [-0.3, -0.25) is 14.8 Å². The quantitative estimate of drug-likeness (QED) is 0.733. The molecular weight excluding hydrogens is 328 g/mol. The standard InChI is InChI=1S/C16H20N4O5/c1-23-12-6-4-5-11(15(12)25-3)9-17-16(22)18-13-7-8-20(19-13)10-14(21)24-2/h4-8H,9-10H2,1-3H3,(H2,17,18,19,22). The summed E-state index contributed by atoms with van der Waals surface area (Å²) in [6.45, 7) is 0.218. The van der Waals surface area contributed by atoms with Crippen molar-refractivity contribution < 1.29 is 23.8 Å². The lowest BCUT2D eigenvalue weighted by Gasteiger charge is -2.13. The van der Waals surface area contributed by atoms with Crippen molar-refractivity contribution in [2.45, 2.75) is 13.1 Å². The molecule has 0 aliphatic heterocycles. The van der Waals surface area contributed by atoms with Crippen molar-refractivity contribution in [3.63, 3.8) is 0 Å². The van der Waals surface area contributed by atoms with Crippen LogP contribution in [0.2, 0.25) is 0 Å². The molecule has 2 aromatic rings. The summed E-state index contributed by atoms with van der Waals surface area (Å²) in [5.41, 5.74) is 0.772. The molecule has 9 nitrogen and oxygen atoms in total. The maximum Gasteiger partial charge on any atom is 0.327 e. The number of anilines is 1. The van der Waals surface area contributed by atoms with Gasteiger partial charge in [-0.25, -0.2) is 4.79 Å². The van der Waals surface area contributed by atoms with Crippen LogP contribution < -0.4 is 20.1 Å². The molecule has 0 atom stereocenters. The Labute approximate surface area is 144 Å². The smallest absolute Gasteiger partial charge is 0.327 e. The summed E-state index contributed by atoms with van der Waals surface area (Å²) in [5, 5.41) is 9.35. The van der Waals surface area contributed by atoms with E-state index < -0.39 is 12.0 Å². The van der Waals surface area contributed by atoms with Crippen LogP contribution in [0.1, 0.15) is 5.56 Å². The number of rotatable bonds is 7. The number of amides is 2. The molecule has 0 bridgehead atoms. The number of esters is 1. The first kappa shape index (κ1) is 18.1. The average Bonchev–Trinajstić information content (AvgIpc) is 3.05. The average molecular weight is 348 g/mol. The zero-order valence-corrected chi connectivity index (χ0v) is 14.2. The molecule has 1 aromatic heterocycles. The molecule has 2 amide bonds. The second kappa shape index (κ2) is 8.57. The molecule has 0 spiro atoms. The number of hydrogen-bond donors (Lipinski definition) is 2. The van der Waals surface area contributed by atoms with Gasteiger partial charge in [-0.15, -0.1) is 0 Å². The minimum Gasteiger partial charge on any atom is -0.493 e. The zero-order valence-electron chi connectivity index (χ0n) is 14.2. The van der Waals surface area contributed by atoms with Crippen LogP contribution in [-0.4, -0.2) is 43.1 Å². The first-order chi connectivity index (χ1) is 12.1.